The number of nitrogens with zero attached hydrogens (tertiary/aromatic N) is 4. The van der Waals surface area contributed by atoms with Gasteiger partial charge >= 0.3 is 0 Å². The summed E-state index contributed by atoms with van der Waals surface area (Å²) in [5.74, 6) is 0.956. The molecule has 2 rings (SSSR count). The van der Waals surface area contributed by atoms with Crippen LogP contribution in [-0.2, 0) is 6.54 Å². The van der Waals surface area contributed by atoms with Crippen molar-refractivity contribution in [2.75, 3.05) is 19.5 Å². The third-order valence-corrected chi connectivity index (χ3v) is 2.28. The molecule has 18 heavy (non-hydrogen) atoms. The van der Waals surface area contributed by atoms with E-state index < -0.39 is 0 Å². The fourth-order valence-electron chi connectivity index (χ4n) is 1.46. The van der Waals surface area contributed by atoms with Crippen LogP contribution in [0.5, 0.6) is 11.8 Å². The Morgan fingerprint density at radius 3 is 2.17 bits per heavy atom. The van der Waals surface area contributed by atoms with E-state index in [9.17, 15) is 0 Å². The minimum absolute atomic E-state index is 0.459. The van der Waals surface area contributed by atoms with E-state index in [-0.39, 0.29) is 0 Å². The predicted octanol–water partition coefficient (Wildman–Crippen LogP) is 0.896. The molecule has 0 spiro atoms. The lowest BCUT2D eigenvalue weighted by molar-refractivity contribution is 0.363. The van der Waals surface area contributed by atoms with Gasteiger partial charge in [0.25, 0.3) is 0 Å². The zero-order chi connectivity index (χ0) is 12.8. The van der Waals surface area contributed by atoms with Crippen LogP contribution in [0.15, 0.2) is 25.0 Å². The number of anilines is 1. The molecule has 0 aliphatic heterocycles. The quantitative estimate of drug-likeness (QED) is 0.840. The fourth-order valence-corrected chi connectivity index (χ4v) is 1.46. The van der Waals surface area contributed by atoms with Gasteiger partial charge in [-0.2, -0.15) is 0 Å². The first-order chi connectivity index (χ1) is 8.85. The summed E-state index contributed by atoms with van der Waals surface area (Å²) < 4.78 is 10.3. The number of hydrogen-bond donors (Lipinski definition) is 1. The molecular weight excluding hydrogens is 234 g/mol. The third kappa shape index (κ3) is 2.62. The van der Waals surface area contributed by atoms with Crippen LogP contribution in [0.25, 0.3) is 0 Å². The minimum atomic E-state index is 0.459. The summed E-state index contributed by atoms with van der Waals surface area (Å²) in [6.45, 7) is 0.459. The normalized spacial score (nSPS) is 9.89. The van der Waals surface area contributed by atoms with Gasteiger partial charge in [-0.25, -0.2) is 19.9 Å². The Balaban J connectivity index is 2.17. The van der Waals surface area contributed by atoms with Gasteiger partial charge in [-0.1, -0.05) is 0 Å². The summed E-state index contributed by atoms with van der Waals surface area (Å²) in [5, 5.41) is 3.15. The second kappa shape index (κ2) is 5.76. The molecule has 0 unspecified atom stereocenters. The van der Waals surface area contributed by atoms with Crippen molar-refractivity contribution in [1.29, 1.82) is 0 Å². The van der Waals surface area contributed by atoms with Gasteiger partial charge in [0.05, 0.1) is 44.4 Å². The van der Waals surface area contributed by atoms with Crippen molar-refractivity contribution >= 4 is 5.69 Å². The zero-order valence-electron chi connectivity index (χ0n) is 10.1. The second-order valence-electron chi connectivity index (χ2n) is 3.35. The van der Waals surface area contributed by atoms with Crippen LogP contribution >= 0.6 is 0 Å². The van der Waals surface area contributed by atoms with Crippen LogP contribution in [-0.4, -0.2) is 34.2 Å². The van der Waals surface area contributed by atoms with Gasteiger partial charge in [-0.3, -0.25) is 0 Å². The molecule has 0 atom stereocenters. The number of aromatic nitrogens is 4. The molecule has 0 saturated carbocycles. The number of methoxy groups -OCH3 is 2. The summed E-state index contributed by atoms with van der Waals surface area (Å²) in [6, 6.07) is 0. The van der Waals surface area contributed by atoms with Crippen molar-refractivity contribution in [2.24, 2.45) is 0 Å². The van der Waals surface area contributed by atoms with E-state index in [4.69, 9.17) is 9.47 Å². The molecule has 0 saturated heterocycles. The Labute approximate surface area is 104 Å². The highest BCUT2D eigenvalue weighted by molar-refractivity contribution is 5.42. The van der Waals surface area contributed by atoms with Gasteiger partial charge in [0.15, 0.2) is 0 Å². The predicted molar refractivity (Wildman–Crippen MR) is 64.5 cm³/mol. The summed E-state index contributed by atoms with van der Waals surface area (Å²) in [5.41, 5.74) is 1.54. The molecule has 0 bridgehead atoms. The smallest absolute Gasteiger partial charge is 0.225 e. The largest absolute Gasteiger partial charge is 0.481 e. The topological polar surface area (TPSA) is 82.1 Å². The molecule has 0 fully saturated rings. The molecule has 7 nitrogen and oxygen atoms in total. The van der Waals surface area contributed by atoms with Crippen molar-refractivity contribution in [3.8, 4) is 11.8 Å². The monoisotopic (exact) mass is 247 g/mol. The SMILES string of the molecule is COc1ncnc(OC)c1CNc1cncnc1. The fraction of sp³-hybridized carbons (Fsp3) is 0.273. The molecule has 0 aromatic carbocycles. The van der Waals surface area contributed by atoms with E-state index in [0.717, 1.165) is 11.3 Å². The lowest BCUT2D eigenvalue weighted by Crippen LogP contribution is -2.07. The van der Waals surface area contributed by atoms with Crippen LogP contribution in [0.2, 0.25) is 0 Å². The van der Waals surface area contributed by atoms with E-state index in [0.29, 0.717) is 18.3 Å². The van der Waals surface area contributed by atoms with Crippen molar-refractivity contribution in [3.05, 3.63) is 30.6 Å². The Morgan fingerprint density at radius 1 is 1.00 bits per heavy atom. The molecule has 0 radical (unpaired) electrons. The maximum absolute atomic E-state index is 5.17. The van der Waals surface area contributed by atoms with Crippen molar-refractivity contribution in [1.82, 2.24) is 19.9 Å². The molecule has 0 aliphatic carbocycles. The standard InChI is InChI=1S/C11H13N5O2/c1-17-10-9(11(18-2)16-7-15-10)5-14-8-3-12-6-13-4-8/h3-4,6-7,14H,5H2,1-2H3. The summed E-state index contributed by atoms with van der Waals surface area (Å²) in [6.07, 6.45) is 6.22. The first-order valence-electron chi connectivity index (χ1n) is 5.26. The molecule has 1 N–H and O–H groups in total. The Hall–Kier alpha value is -2.44. The molecule has 0 amide bonds. The van der Waals surface area contributed by atoms with Gasteiger partial charge < -0.3 is 14.8 Å². The maximum atomic E-state index is 5.17. The Kier molecular flexibility index (Phi) is 3.85. The van der Waals surface area contributed by atoms with E-state index >= 15 is 0 Å². The van der Waals surface area contributed by atoms with E-state index in [1.807, 2.05) is 0 Å². The Morgan fingerprint density at radius 2 is 1.61 bits per heavy atom. The summed E-state index contributed by atoms with van der Waals surface area (Å²) in [4.78, 5) is 15.9. The summed E-state index contributed by atoms with van der Waals surface area (Å²) >= 11 is 0. The van der Waals surface area contributed by atoms with Crippen molar-refractivity contribution in [3.63, 3.8) is 0 Å². The molecule has 7 heteroatoms. The van der Waals surface area contributed by atoms with Gasteiger partial charge in [0.2, 0.25) is 11.8 Å². The number of hydrogen-bond acceptors (Lipinski definition) is 7. The minimum Gasteiger partial charge on any atom is -0.481 e. The highest BCUT2D eigenvalue weighted by atomic mass is 16.5. The second-order valence-corrected chi connectivity index (χ2v) is 3.35. The van der Waals surface area contributed by atoms with Crippen molar-refractivity contribution < 1.29 is 9.47 Å². The van der Waals surface area contributed by atoms with Crippen LogP contribution in [0, 0.1) is 0 Å². The third-order valence-electron chi connectivity index (χ3n) is 2.28. The van der Waals surface area contributed by atoms with Gasteiger partial charge in [0.1, 0.15) is 12.7 Å². The molecule has 2 aromatic heterocycles. The lowest BCUT2D eigenvalue weighted by Gasteiger charge is -2.11. The highest BCUT2D eigenvalue weighted by Crippen LogP contribution is 2.24. The van der Waals surface area contributed by atoms with Crippen molar-refractivity contribution in [2.45, 2.75) is 6.54 Å². The molecular formula is C11H13N5O2. The van der Waals surface area contributed by atoms with Crippen LogP contribution < -0.4 is 14.8 Å². The van der Waals surface area contributed by atoms with Crippen LogP contribution in [0.3, 0.4) is 0 Å². The van der Waals surface area contributed by atoms with Gasteiger partial charge in [-0.05, 0) is 0 Å². The first-order valence-corrected chi connectivity index (χ1v) is 5.26. The van der Waals surface area contributed by atoms with Gasteiger partial charge in [-0.15, -0.1) is 0 Å². The van der Waals surface area contributed by atoms with E-state index in [1.54, 1.807) is 26.6 Å². The van der Waals surface area contributed by atoms with Gasteiger partial charge in [0, 0.05) is 0 Å². The Bertz CT molecular complexity index is 484. The lowest BCUT2D eigenvalue weighted by atomic mass is 10.3. The van der Waals surface area contributed by atoms with E-state index in [1.165, 1.54) is 12.7 Å². The first kappa shape index (κ1) is 12.0. The molecule has 2 aromatic rings. The van der Waals surface area contributed by atoms with Crippen LogP contribution in [0.4, 0.5) is 5.69 Å². The molecule has 0 aliphatic rings. The van der Waals surface area contributed by atoms with Crippen LogP contribution in [0.1, 0.15) is 5.56 Å². The number of ether oxygens (including phenoxy) is 2. The zero-order valence-corrected chi connectivity index (χ0v) is 10.1. The number of rotatable bonds is 5. The average Bonchev–Trinajstić information content (AvgIpc) is 2.45. The molecule has 94 valence electrons. The highest BCUT2D eigenvalue weighted by Gasteiger charge is 2.12. The average molecular weight is 247 g/mol. The molecule has 2 heterocycles. The van der Waals surface area contributed by atoms with E-state index in [2.05, 4.69) is 25.3 Å². The summed E-state index contributed by atoms with van der Waals surface area (Å²) in [7, 11) is 3.10. The number of nitrogens with one attached hydrogen (secondary N) is 1. The maximum Gasteiger partial charge on any atom is 0.225 e.